The molecule has 1 heterocycles. The molecule has 3 amide bonds. The van der Waals surface area contributed by atoms with Gasteiger partial charge in [0.05, 0.1) is 6.21 Å². The van der Waals surface area contributed by atoms with E-state index in [-0.39, 0.29) is 18.3 Å². The molecule has 0 spiro atoms. The van der Waals surface area contributed by atoms with Crippen molar-refractivity contribution in [2.75, 3.05) is 10.6 Å². The summed E-state index contributed by atoms with van der Waals surface area (Å²) in [5.41, 5.74) is 6.20. The van der Waals surface area contributed by atoms with E-state index in [2.05, 4.69) is 37.1 Å². The molecule has 0 aliphatic carbocycles. The molecule has 172 valence electrons. The number of hydrazone groups is 1. The van der Waals surface area contributed by atoms with Gasteiger partial charge in [0.15, 0.2) is 0 Å². The van der Waals surface area contributed by atoms with E-state index in [1.165, 1.54) is 30.5 Å². The molecule has 4 rings (SSSR count). The van der Waals surface area contributed by atoms with Gasteiger partial charge in [0.25, 0.3) is 0 Å². The Balaban J connectivity index is 1.44. The third-order valence-electron chi connectivity index (χ3n) is 5.05. The van der Waals surface area contributed by atoms with Gasteiger partial charge in [0, 0.05) is 38.5 Å². The number of carbonyl (C=O) groups excluding carboxylic acids is 2. The van der Waals surface area contributed by atoms with Crippen molar-refractivity contribution >= 4 is 56.4 Å². The van der Waals surface area contributed by atoms with Crippen molar-refractivity contribution in [3.8, 4) is 0 Å². The van der Waals surface area contributed by atoms with Gasteiger partial charge in [-0.2, -0.15) is 5.10 Å². The molecule has 7 nitrogen and oxygen atoms in total. The fourth-order valence-electron chi connectivity index (χ4n) is 3.44. The number of aryl methyl sites for hydroxylation is 1. The van der Waals surface area contributed by atoms with Crippen LogP contribution in [0.1, 0.15) is 11.1 Å². The zero-order valence-corrected chi connectivity index (χ0v) is 19.8. The van der Waals surface area contributed by atoms with E-state index in [4.69, 9.17) is 0 Å². The molecule has 3 N–H and O–H groups in total. The first-order valence-corrected chi connectivity index (χ1v) is 11.2. The summed E-state index contributed by atoms with van der Waals surface area (Å²) in [6, 6.07) is 18.2. The van der Waals surface area contributed by atoms with Crippen molar-refractivity contribution < 1.29 is 14.0 Å². The van der Waals surface area contributed by atoms with E-state index >= 15 is 0 Å². The van der Waals surface area contributed by atoms with Gasteiger partial charge in [0.2, 0.25) is 5.91 Å². The maximum atomic E-state index is 13.1. The highest BCUT2D eigenvalue weighted by Gasteiger charge is 2.11. The normalized spacial score (nSPS) is 11.0. The molecule has 0 atom stereocenters. The summed E-state index contributed by atoms with van der Waals surface area (Å²) < 4.78 is 15.8. The van der Waals surface area contributed by atoms with Crippen LogP contribution in [0.4, 0.5) is 20.6 Å². The molecule has 4 aromatic rings. The summed E-state index contributed by atoms with van der Waals surface area (Å²) in [6.07, 6.45) is 3.32. The van der Waals surface area contributed by atoms with Crippen molar-refractivity contribution in [3.63, 3.8) is 0 Å². The minimum absolute atomic E-state index is 0.0581. The zero-order valence-electron chi connectivity index (χ0n) is 18.2. The molecule has 0 unspecified atom stereocenters. The SMILES string of the molecule is Cc1cc(NC(=O)N/N=C/c2cn(CC(=O)Nc3ccc(F)cc3)c3ccccc23)ccc1Br. The number of halogens is 2. The lowest BCUT2D eigenvalue weighted by molar-refractivity contribution is -0.116. The number of fused-ring (bicyclic) bond motifs is 1. The first-order chi connectivity index (χ1) is 16.4. The van der Waals surface area contributed by atoms with Crippen LogP contribution in [-0.2, 0) is 11.3 Å². The number of para-hydroxylation sites is 1. The van der Waals surface area contributed by atoms with E-state index in [1.807, 2.05) is 43.3 Å². The number of rotatable bonds is 6. The van der Waals surface area contributed by atoms with E-state index in [1.54, 1.807) is 16.8 Å². The number of aromatic nitrogens is 1. The summed E-state index contributed by atoms with van der Waals surface area (Å²) in [6.45, 7) is 1.99. The van der Waals surface area contributed by atoms with Crippen molar-refractivity contribution in [2.45, 2.75) is 13.5 Å². The molecular weight excluding hydrogens is 501 g/mol. The number of amides is 3. The second-order valence-corrected chi connectivity index (χ2v) is 8.43. The van der Waals surface area contributed by atoms with Crippen molar-refractivity contribution in [3.05, 3.63) is 94.3 Å². The lowest BCUT2D eigenvalue weighted by atomic mass is 10.2. The molecule has 3 aromatic carbocycles. The van der Waals surface area contributed by atoms with Gasteiger partial charge in [-0.1, -0.05) is 34.1 Å². The third kappa shape index (κ3) is 5.68. The average Bonchev–Trinajstić information content (AvgIpc) is 3.15. The summed E-state index contributed by atoms with van der Waals surface area (Å²) in [4.78, 5) is 24.7. The minimum atomic E-state index is -0.472. The lowest BCUT2D eigenvalue weighted by Gasteiger charge is -2.07. The Bertz CT molecular complexity index is 1380. The highest BCUT2D eigenvalue weighted by Crippen LogP contribution is 2.21. The summed E-state index contributed by atoms with van der Waals surface area (Å²) in [7, 11) is 0. The van der Waals surface area contributed by atoms with Crippen LogP contribution in [0.3, 0.4) is 0 Å². The predicted octanol–water partition coefficient (Wildman–Crippen LogP) is 5.65. The molecule has 0 fully saturated rings. The number of urea groups is 1. The fourth-order valence-corrected chi connectivity index (χ4v) is 3.69. The minimum Gasteiger partial charge on any atom is -0.337 e. The molecule has 1 aromatic heterocycles. The third-order valence-corrected chi connectivity index (χ3v) is 5.94. The Morgan fingerprint density at radius 1 is 1.03 bits per heavy atom. The monoisotopic (exact) mass is 521 g/mol. The number of benzene rings is 3. The first-order valence-electron chi connectivity index (χ1n) is 10.4. The van der Waals surface area contributed by atoms with Crippen molar-refractivity contribution in [1.82, 2.24) is 9.99 Å². The maximum absolute atomic E-state index is 13.1. The summed E-state index contributed by atoms with van der Waals surface area (Å²) in [5, 5.41) is 10.4. The Labute approximate surface area is 203 Å². The molecule has 0 saturated heterocycles. The highest BCUT2D eigenvalue weighted by molar-refractivity contribution is 9.10. The van der Waals surface area contributed by atoms with Crippen LogP contribution >= 0.6 is 15.9 Å². The molecule has 9 heteroatoms. The maximum Gasteiger partial charge on any atom is 0.339 e. The molecule has 0 bridgehead atoms. The molecular formula is C25H21BrFN5O2. The van der Waals surface area contributed by atoms with Gasteiger partial charge >= 0.3 is 6.03 Å². The van der Waals surface area contributed by atoms with Crippen LogP contribution in [0.25, 0.3) is 10.9 Å². The predicted molar refractivity (Wildman–Crippen MR) is 136 cm³/mol. The number of carbonyl (C=O) groups is 2. The summed E-state index contributed by atoms with van der Waals surface area (Å²) in [5.74, 6) is -0.620. The van der Waals surface area contributed by atoms with Gasteiger partial charge in [0.1, 0.15) is 12.4 Å². The van der Waals surface area contributed by atoms with Crippen LogP contribution in [0.15, 0.2) is 82.5 Å². The Kier molecular flexibility index (Phi) is 7.03. The largest absolute Gasteiger partial charge is 0.339 e. The quantitative estimate of drug-likeness (QED) is 0.226. The highest BCUT2D eigenvalue weighted by atomic mass is 79.9. The Morgan fingerprint density at radius 3 is 2.53 bits per heavy atom. The number of nitrogens with one attached hydrogen (secondary N) is 3. The Morgan fingerprint density at radius 2 is 1.76 bits per heavy atom. The van der Waals surface area contributed by atoms with Gasteiger partial charge in [-0.05, 0) is 61.0 Å². The van der Waals surface area contributed by atoms with Crippen LogP contribution in [-0.4, -0.2) is 22.7 Å². The summed E-state index contributed by atoms with van der Waals surface area (Å²) >= 11 is 3.43. The molecule has 0 aliphatic rings. The van der Waals surface area contributed by atoms with E-state index in [9.17, 15) is 14.0 Å². The van der Waals surface area contributed by atoms with Gasteiger partial charge < -0.3 is 15.2 Å². The average molecular weight is 522 g/mol. The molecule has 34 heavy (non-hydrogen) atoms. The number of anilines is 2. The second kappa shape index (κ2) is 10.3. The topological polar surface area (TPSA) is 87.5 Å². The van der Waals surface area contributed by atoms with Gasteiger partial charge in [-0.25, -0.2) is 14.6 Å². The van der Waals surface area contributed by atoms with Crippen LogP contribution < -0.4 is 16.1 Å². The molecule has 0 saturated carbocycles. The van der Waals surface area contributed by atoms with Crippen LogP contribution in [0.5, 0.6) is 0 Å². The Hall–Kier alpha value is -3.98. The zero-order chi connectivity index (χ0) is 24.1. The molecule has 0 aliphatic heterocycles. The van der Waals surface area contributed by atoms with E-state index < -0.39 is 6.03 Å². The smallest absolute Gasteiger partial charge is 0.337 e. The standard InChI is InChI=1S/C25H21BrFN5O2/c1-16-12-20(10-11-22(16)26)30-25(34)31-28-13-17-14-32(23-5-3-2-4-21(17)23)15-24(33)29-19-8-6-18(27)7-9-19/h2-14H,15H2,1H3,(H,29,33)(H2,30,31,34)/b28-13+. The van der Waals surface area contributed by atoms with Gasteiger partial charge in [-0.3, -0.25) is 4.79 Å². The fraction of sp³-hybridized carbons (Fsp3) is 0.0800. The molecule has 0 radical (unpaired) electrons. The first kappa shape index (κ1) is 23.2. The van der Waals surface area contributed by atoms with Crippen LogP contribution in [0.2, 0.25) is 0 Å². The van der Waals surface area contributed by atoms with Crippen molar-refractivity contribution in [1.29, 1.82) is 0 Å². The van der Waals surface area contributed by atoms with E-state index in [0.717, 1.165) is 26.5 Å². The number of nitrogens with zero attached hydrogens (tertiary/aromatic N) is 2. The second-order valence-electron chi connectivity index (χ2n) is 7.57. The number of hydrogen-bond donors (Lipinski definition) is 3. The van der Waals surface area contributed by atoms with Gasteiger partial charge in [-0.15, -0.1) is 0 Å². The number of hydrogen-bond acceptors (Lipinski definition) is 3. The van der Waals surface area contributed by atoms with E-state index in [0.29, 0.717) is 11.4 Å². The lowest BCUT2D eigenvalue weighted by Crippen LogP contribution is -2.24. The van der Waals surface area contributed by atoms with Crippen molar-refractivity contribution in [2.24, 2.45) is 5.10 Å². The van der Waals surface area contributed by atoms with Crippen LogP contribution in [0, 0.1) is 12.7 Å².